The van der Waals surface area contributed by atoms with Gasteiger partial charge in [0.1, 0.15) is 18.5 Å². The van der Waals surface area contributed by atoms with E-state index in [2.05, 4.69) is 56.8 Å². The summed E-state index contributed by atoms with van der Waals surface area (Å²) in [5.41, 5.74) is 3.78. The minimum atomic E-state index is -0.829. The molecular formula is C27H36O5. The fourth-order valence-electron chi connectivity index (χ4n) is 3.12. The van der Waals surface area contributed by atoms with Crippen molar-refractivity contribution in [3.05, 3.63) is 66.7 Å². The van der Waals surface area contributed by atoms with Crippen LogP contribution in [0.5, 0.6) is 5.75 Å². The SMILES string of the molecule is C=CC(=O)OCC(O)COCCCCOc1ccc(-c2ccc(CC(C)CC)cc2)cc1. The Kier molecular flexibility index (Phi) is 11.6. The molecule has 5 nitrogen and oxygen atoms in total. The molecule has 5 heteroatoms. The van der Waals surface area contributed by atoms with Gasteiger partial charge in [0.2, 0.25) is 0 Å². The average Bonchev–Trinajstić information content (AvgIpc) is 2.82. The molecule has 32 heavy (non-hydrogen) atoms. The van der Waals surface area contributed by atoms with Gasteiger partial charge in [-0.1, -0.05) is 63.2 Å². The first-order valence-electron chi connectivity index (χ1n) is 11.4. The van der Waals surface area contributed by atoms with Gasteiger partial charge in [-0.15, -0.1) is 0 Å². The fraction of sp³-hybridized carbons (Fsp3) is 0.444. The van der Waals surface area contributed by atoms with Gasteiger partial charge < -0.3 is 19.3 Å². The van der Waals surface area contributed by atoms with Crippen molar-refractivity contribution in [1.29, 1.82) is 0 Å². The second-order valence-corrected chi connectivity index (χ2v) is 8.06. The Morgan fingerprint density at radius 2 is 1.62 bits per heavy atom. The van der Waals surface area contributed by atoms with Crippen molar-refractivity contribution in [3.63, 3.8) is 0 Å². The number of aliphatic hydroxyl groups excluding tert-OH is 1. The lowest BCUT2D eigenvalue weighted by molar-refractivity contribution is -0.141. The first-order chi connectivity index (χ1) is 15.5. The third-order valence-corrected chi connectivity index (χ3v) is 5.27. The molecule has 0 aliphatic rings. The van der Waals surface area contributed by atoms with E-state index in [-0.39, 0.29) is 13.2 Å². The Morgan fingerprint density at radius 3 is 2.25 bits per heavy atom. The summed E-state index contributed by atoms with van der Waals surface area (Å²) < 4.78 is 15.9. The molecule has 2 aromatic rings. The quantitative estimate of drug-likeness (QED) is 0.234. The number of ether oxygens (including phenoxy) is 3. The Hall–Kier alpha value is -2.63. The van der Waals surface area contributed by atoms with Crippen LogP contribution in [0.4, 0.5) is 0 Å². The van der Waals surface area contributed by atoms with Crippen LogP contribution < -0.4 is 4.74 Å². The number of rotatable bonds is 15. The van der Waals surface area contributed by atoms with Crippen LogP contribution >= 0.6 is 0 Å². The first-order valence-corrected chi connectivity index (χ1v) is 11.4. The van der Waals surface area contributed by atoms with Gasteiger partial charge in [0.05, 0.1) is 13.2 Å². The number of hydrogen-bond acceptors (Lipinski definition) is 5. The van der Waals surface area contributed by atoms with Crippen LogP contribution in [0.3, 0.4) is 0 Å². The van der Waals surface area contributed by atoms with E-state index in [9.17, 15) is 9.90 Å². The molecular weight excluding hydrogens is 404 g/mol. The lowest BCUT2D eigenvalue weighted by atomic mass is 9.97. The van der Waals surface area contributed by atoms with Crippen molar-refractivity contribution in [2.45, 2.75) is 45.6 Å². The van der Waals surface area contributed by atoms with Gasteiger partial charge in [-0.3, -0.25) is 0 Å². The molecule has 1 N–H and O–H groups in total. The van der Waals surface area contributed by atoms with Crippen LogP contribution in [0, 0.1) is 5.92 Å². The summed E-state index contributed by atoms with van der Waals surface area (Å²) in [6.07, 6.45) is 4.23. The number of carbonyl (C=O) groups is 1. The predicted molar refractivity (Wildman–Crippen MR) is 128 cm³/mol. The first kappa shape index (κ1) is 25.6. The molecule has 0 spiro atoms. The van der Waals surface area contributed by atoms with Gasteiger partial charge in [0, 0.05) is 12.7 Å². The van der Waals surface area contributed by atoms with Gasteiger partial charge in [0.15, 0.2) is 0 Å². The van der Waals surface area contributed by atoms with E-state index < -0.39 is 12.1 Å². The van der Waals surface area contributed by atoms with E-state index in [0.29, 0.717) is 19.1 Å². The van der Waals surface area contributed by atoms with Crippen molar-refractivity contribution < 1.29 is 24.1 Å². The Bertz CT molecular complexity index is 798. The van der Waals surface area contributed by atoms with Crippen molar-refractivity contribution in [2.24, 2.45) is 5.92 Å². The largest absolute Gasteiger partial charge is 0.494 e. The van der Waals surface area contributed by atoms with Gasteiger partial charge in [0.25, 0.3) is 0 Å². The predicted octanol–water partition coefficient (Wildman–Crippen LogP) is 5.21. The lowest BCUT2D eigenvalue weighted by Gasteiger charge is -2.11. The van der Waals surface area contributed by atoms with Crippen LogP contribution in [-0.4, -0.2) is 43.6 Å². The smallest absolute Gasteiger partial charge is 0.330 e. The van der Waals surface area contributed by atoms with Crippen LogP contribution in [-0.2, 0) is 20.7 Å². The number of unbranched alkanes of at least 4 members (excludes halogenated alkanes) is 1. The lowest BCUT2D eigenvalue weighted by Crippen LogP contribution is -2.23. The van der Waals surface area contributed by atoms with Crippen LogP contribution in [0.2, 0.25) is 0 Å². The molecule has 0 bridgehead atoms. The fourth-order valence-corrected chi connectivity index (χ4v) is 3.12. The highest BCUT2D eigenvalue weighted by Gasteiger charge is 2.07. The zero-order valence-corrected chi connectivity index (χ0v) is 19.3. The number of esters is 1. The summed E-state index contributed by atoms with van der Waals surface area (Å²) >= 11 is 0. The maximum Gasteiger partial charge on any atom is 0.330 e. The molecule has 0 amide bonds. The number of aliphatic hydroxyl groups is 1. The van der Waals surface area contributed by atoms with Crippen molar-refractivity contribution in [1.82, 2.24) is 0 Å². The van der Waals surface area contributed by atoms with E-state index in [1.165, 1.54) is 23.1 Å². The summed E-state index contributed by atoms with van der Waals surface area (Å²) in [5.74, 6) is 1.01. The molecule has 2 rings (SSSR count). The van der Waals surface area contributed by atoms with Crippen LogP contribution in [0.15, 0.2) is 61.2 Å². The molecule has 0 aliphatic carbocycles. The third-order valence-electron chi connectivity index (χ3n) is 5.27. The molecule has 0 aliphatic heterocycles. The Balaban J connectivity index is 1.62. The minimum absolute atomic E-state index is 0.0911. The maximum absolute atomic E-state index is 10.9. The molecule has 0 aromatic heterocycles. The van der Waals surface area contributed by atoms with Crippen molar-refractivity contribution in [3.8, 4) is 16.9 Å². The molecule has 0 heterocycles. The van der Waals surface area contributed by atoms with Crippen molar-refractivity contribution >= 4 is 5.97 Å². The minimum Gasteiger partial charge on any atom is -0.494 e. The Labute approximate surface area is 192 Å². The maximum atomic E-state index is 10.9. The van der Waals surface area contributed by atoms with E-state index in [1.54, 1.807) is 0 Å². The average molecular weight is 441 g/mol. The number of carbonyl (C=O) groups excluding carboxylic acids is 1. The third kappa shape index (κ3) is 9.67. The molecule has 174 valence electrons. The highest BCUT2D eigenvalue weighted by Crippen LogP contribution is 2.24. The summed E-state index contributed by atoms with van der Waals surface area (Å²) in [4.78, 5) is 10.9. The van der Waals surface area contributed by atoms with Crippen molar-refractivity contribution in [2.75, 3.05) is 26.4 Å². The monoisotopic (exact) mass is 440 g/mol. The second-order valence-electron chi connectivity index (χ2n) is 8.06. The highest BCUT2D eigenvalue weighted by molar-refractivity contribution is 5.81. The van der Waals surface area contributed by atoms with Gasteiger partial charge in [-0.05, 0) is 54.0 Å². The summed E-state index contributed by atoms with van der Waals surface area (Å²) in [7, 11) is 0. The van der Waals surface area contributed by atoms with Crippen LogP contribution in [0.25, 0.3) is 11.1 Å². The van der Waals surface area contributed by atoms with E-state index in [1.807, 2.05) is 12.1 Å². The standard InChI is InChI=1S/C27H36O5/c1-4-21(3)18-22-8-10-23(11-9-22)24-12-14-26(15-13-24)31-17-7-6-16-30-19-25(28)20-32-27(29)5-2/h5,8-15,21,25,28H,2,4,6-7,16-20H2,1,3H3. The number of benzene rings is 2. The molecule has 0 saturated heterocycles. The topological polar surface area (TPSA) is 65.0 Å². The van der Waals surface area contributed by atoms with E-state index in [4.69, 9.17) is 14.2 Å². The van der Waals surface area contributed by atoms with E-state index >= 15 is 0 Å². The molecule has 0 radical (unpaired) electrons. The summed E-state index contributed by atoms with van der Waals surface area (Å²) in [6.45, 7) is 8.98. The molecule has 2 unspecified atom stereocenters. The zero-order chi connectivity index (χ0) is 23.2. The number of hydrogen-bond donors (Lipinski definition) is 1. The molecule has 0 fully saturated rings. The normalized spacial score (nSPS) is 12.7. The van der Waals surface area contributed by atoms with Crippen LogP contribution in [0.1, 0.15) is 38.7 Å². The summed E-state index contributed by atoms with van der Waals surface area (Å²) in [5, 5.41) is 9.65. The van der Waals surface area contributed by atoms with Gasteiger partial charge in [-0.25, -0.2) is 4.79 Å². The molecule has 0 saturated carbocycles. The Morgan fingerprint density at radius 1 is 1.00 bits per heavy atom. The molecule has 2 atom stereocenters. The summed E-state index contributed by atoms with van der Waals surface area (Å²) in [6, 6.07) is 17.0. The molecule has 2 aromatic carbocycles. The van der Waals surface area contributed by atoms with E-state index in [0.717, 1.165) is 31.1 Å². The second kappa shape index (κ2) is 14.4. The van der Waals surface area contributed by atoms with Gasteiger partial charge >= 0.3 is 5.97 Å². The highest BCUT2D eigenvalue weighted by atomic mass is 16.5. The zero-order valence-electron chi connectivity index (χ0n) is 19.3. The van der Waals surface area contributed by atoms with Gasteiger partial charge in [-0.2, -0.15) is 0 Å².